The van der Waals surface area contributed by atoms with Crippen LogP contribution in [0.15, 0.2) is 5.38 Å². The van der Waals surface area contributed by atoms with E-state index in [9.17, 15) is 4.79 Å². The van der Waals surface area contributed by atoms with Crippen molar-refractivity contribution < 1.29 is 9.53 Å². The van der Waals surface area contributed by atoms with Crippen molar-refractivity contribution in [1.29, 1.82) is 0 Å². The van der Waals surface area contributed by atoms with Crippen molar-refractivity contribution in [3.05, 3.63) is 11.1 Å². The second kappa shape index (κ2) is 7.87. The Morgan fingerprint density at radius 2 is 2.18 bits per heavy atom. The van der Waals surface area contributed by atoms with Crippen molar-refractivity contribution in [3.63, 3.8) is 0 Å². The maximum atomic E-state index is 11.8. The normalized spacial score (nSPS) is 17.4. The Hall–Kier alpha value is -1.21. The SMILES string of the molecule is CC(C)(C)OC(=O)NCC(NCc1csnn1)C1CCCC1. The summed E-state index contributed by atoms with van der Waals surface area (Å²) in [4.78, 5) is 11.8. The molecule has 0 radical (unpaired) electrons. The molecule has 1 aromatic heterocycles. The average molecular weight is 326 g/mol. The van der Waals surface area contributed by atoms with Crippen LogP contribution in [0.4, 0.5) is 4.79 Å². The first-order valence-electron chi connectivity index (χ1n) is 7.90. The molecule has 7 heteroatoms. The number of alkyl carbamates (subject to hydrolysis) is 1. The van der Waals surface area contributed by atoms with Crippen molar-refractivity contribution in [3.8, 4) is 0 Å². The molecule has 6 nitrogen and oxygen atoms in total. The van der Waals surface area contributed by atoms with Crippen LogP contribution in [0.2, 0.25) is 0 Å². The van der Waals surface area contributed by atoms with Gasteiger partial charge in [0.2, 0.25) is 0 Å². The first-order chi connectivity index (χ1) is 10.4. The van der Waals surface area contributed by atoms with Gasteiger partial charge in [-0.3, -0.25) is 0 Å². The Kier molecular flexibility index (Phi) is 6.14. The van der Waals surface area contributed by atoms with E-state index in [4.69, 9.17) is 4.74 Å². The Bertz CT molecular complexity index is 453. The monoisotopic (exact) mass is 326 g/mol. The maximum Gasteiger partial charge on any atom is 0.407 e. The standard InChI is InChI=1S/C15H26N4O2S/c1-15(2,3)21-14(20)17-9-13(11-6-4-5-7-11)16-8-12-10-22-19-18-12/h10-11,13,16H,4-9H2,1-3H3,(H,17,20). The zero-order chi connectivity index (χ0) is 16.0. The highest BCUT2D eigenvalue weighted by Gasteiger charge is 2.26. The van der Waals surface area contributed by atoms with Crippen molar-refractivity contribution >= 4 is 17.6 Å². The third-order valence-electron chi connectivity index (χ3n) is 3.78. The fourth-order valence-electron chi connectivity index (χ4n) is 2.77. The number of carbonyl (C=O) groups excluding carboxylic acids is 1. The Labute approximate surface area is 136 Å². The van der Waals surface area contributed by atoms with Crippen LogP contribution in [0, 0.1) is 5.92 Å². The third kappa shape index (κ3) is 5.88. The van der Waals surface area contributed by atoms with Crippen molar-refractivity contribution in [2.45, 2.75) is 64.6 Å². The molecule has 2 N–H and O–H groups in total. The lowest BCUT2D eigenvalue weighted by molar-refractivity contribution is 0.0518. The van der Waals surface area contributed by atoms with Gasteiger partial charge in [-0.1, -0.05) is 17.3 Å². The zero-order valence-corrected chi connectivity index (χ0v) is 14.4. The van der Waals surface area contributed by atoms with Gasteiger partial charge in [-0.05, 0) is 51.1 Å². The van der Waals surface area contributed by atoms with E-state index in [1.807, 2.05) is 26.2 Å². The van der Waals surface area contributed by atoms with E-state index in [0.29, 0.717) is 19.0 Å². The van der Waals surface area contributed by atoms with E-state index in [1.54, 1.807) is 0 Å². The lowest BCUT2D eigenvalue weighted by atomic mass is 9.98. The van der Waals surface area contributed by atoms with Crippen LogP contribution in [0.25, 0.3) is 0 Å². The lowest BCUT2D eigenvalue weighted by Crippen LogP contribution is -2.45. The third-order valence-corrected chi connectivity index (χ3v) is 4.34. The number of hydrogen-bond acceptors (Lipinski definition) is 6. The van der Waals surface area contributed by atoms with Gasteiger partial charge >= 0.3 is 6.09 Å². The smallest absolute Gasteiger partial charge is 0.407 e. The number of nitrogens with one attached hydrogen (secondary N) is 2. The fourth-order valence-corrected chi connectivity index (χ4v) is 3.22. The summed E-state index contributed by atoms with van der Waals surface area (Å²) in [6.45, 7) is 6.88. The van der Waals surface area contributed by atoms with Gasteiger partial charge in [0.1, 0.15) is 5.60 Å². The summed E-state index contributed by atoms with van der Waals surface area (Å²) in [5.74, 6) is 0.599. The summed E-state index contributed by atoms with van der Waals surface area (Å²) in [5, 5.41) is 12.4. The van der Waals surface area contributed by atoms with Gasteiger partial charge in [-0.15, -0.1) is 5.10 Å². The quantitative estimate of drug-likeness (QED) is 0.840. The molecular formula is C15H26N4O2S. The minimum atomic E-state index is -0.466. The molecule has 0 saturated heterocycles. The van der Waals surface area contributed by atoms with Gasteiger partial charge in [0.05, 0.1) is 5.69 Å². The number of amides is 1. The summed E-state index contributed by atoms with van der Waals surface area (Å²) < 4.78 is 9.18. The van der Waals surface area contributed by atoms with E-state index in [-0.39, 0.29) is 12.1 Å². The van der Waals surface area contributed by atoms with Crippen LogP contribution >= 0.6 is 11.5 Å². The molecule has 1 aliphatic carbocycles. The molecule has 1 aliphatic rings. The van der Waals surface area contributed by atoms with Gasteiger partial charge < -0.3 is 15.4 Å². The summed E-state index contributed by atoms with van der Waals surface area (Å²) in [6.07, 6.45) is 4.61. The second-order valence-corrected chi connectivity index (χ2v) is 7.42. The highest BCUT2D eigenvalue weighted by atomic mass is 32.1. The number of nitrogens with zero attached hydrogens (tertiary/aromatic N) is 2. The molecule has 124 valence electrons. The number of rotatable bonds is 6. The molecule has 1 heterocycles. The fraction of sp³-hybridized carbons (Fsp3) is 0.800. The number of carbonyl (C=O) groups is 1. The minimum absolute atomic E-state index is 0.247. The molecular weight excluding hydrogens is 300 g/mol. The van der Waals surface area contributed by atoms with E-state index in [2.05, 4.69) is 20.2 Å². The number of aromatic nitrogens is 2. The van der Waals surface area contributed by atoms with Crippen LogP contribution < -0.4 is 10.6 Å². The van der Waals surface area contributed by atoms with Crippen LogP contribution in [0.1, 0.15) is 52.1 Å². The van der Waals surface area contributed by atoms with Crippen LogP contribution in [-0.2, 0) is 11.3 Å². The zero-order valence-electron chi connectivity index (χ0n) is 13.6. The van der Waals surface area contributed by atoms with Gasteiger partial charge in [0, 0.05) is 24.5 Å². The molecule has 0 aromatic carbocycles. The average Bonchev–Trinajstić information content (AvgIpc) is 3.09. The largest absolute Gasteiger partial charge is 0.444 e. The maximum absolute atomic E-state index is 11.8. The molecule has 2 rings (SSSR count). The first kappa shape index (κ1) is 17.1. The molecule has 0 spiro atoms. The molecule has 1 fully saturated rings. The molecule has 1 unspecified atom stereocenters. The van der Waals surface area contributed by atoms with E-state index in [1.165, 1.54) is 37.2 Å². The Morgan fingerprint density at radius 1 is 1.45 bits per heavy atom. The number of ether oxygens (including phenoxy) is 1. The van der Waals surface area contributed by atoms with Gasteiger partial charge in [0.25, 0.3) is 0 Å². The molecule has 0 bridgehead atoms. The molecule has 1 amide bonds. The molecule has 1 atom stereocenters. The topological polar surface area (TPSA) is 76.1 Å². The van der Waals surface area contributed by atoms with Crippen molar-refractivity contribution in [2.75, 3.05) is 6.54 Å². The highest BCUT2D eigenvalue weighted by molar-refractivity contribution is 7.03. The first-order valence-corrected chi connectivity index (χ1v) is 8.74. The second-order valence-electron chi connectivity index (χ2n) is 6.81. The lowest BCUT2D eigenvalue weighted by Gasteiger charge is -2.26. The number of hydrogen-bond donors (Lipinski definition) is 2. The van der Waals surface area contributed by atoms with E-state index < -0.39 is 5.60 Å². The predicted molar refractivity (Wildman–Crippen MR) is 86.7 cm³/mol. The summed E-state index contributed by atoms with van der Waals surface area (Å²) >= 11 is 1.36. The van der Waals surface area contributed by atoms with E-state index in [0.717, 1.165) is 5.69 Å². The summed E-state index contributed by atoms with van der Waals surface area (Å²) in [5.41, 5.74) is 0.484. The molecule has 0 aliphatic heterocycles. The van der Waals surface area contributed by atoms with Gasteiger partial charge in [-0.2, -0.15) is 0 Å². The minimum Gasteiger partial charge on any atom is -0.444 e. The van der Waals surface area contributed by atoms with Crippen LogP contribution in [-0.4, -0.2) is 33.9 Å². The molecule has 22 heavy (non-hydrogen) atoms. The van der Waals surface area contributed by atoms with Gasteiger partial charge in [0.15, 0.2) is 0 Å². The predicted octanol–water partition coefficient (Wildman–Crippen LogP) is 2.71. The summed E-state index contributed by atoms with van der Waals surface area (Å²) in [7, 11) is 0. The van der Waals surface area contributed by atoms with Crippen molar-refractivity contribution in [2.24, 2.45) is 5.92 Å². The molecule has 1 saturated carbocycles. The van der Waals surface area contributed by atoms with Gasteiger partial charge in [-0.25, -0.2) is 4.79 Å². The van der Waals surface area contributed by atoms with Crippen molar-refractivity contribution in [1.82, 2.24) is 20.2 Å². The summed E-state index contributed by atoms with van der Waals surface area (Å²) in [6, 6.07) is 0.247. The Balaban J connectivity index is 1.83. The van der Waals surface area contributed by atoms with E-state index >= 15 is 0 Å². The van der Waals surface area contributed by atoms with Crippen LogP contribution in [0.5, 0.6) is 0 Å². The van der Waals surface area contributed by atoms with Crippen LogP contribution in [0.3, 0.4) is 0 Å². The molecule has 1 aromatic rings. The highest BCUT2D eigenvalue weighted by Crippen LogP contribution is 2.27. The Morgan fingerprint density at radius 3 is 2.77 bits per heavy atom.